The van der Waals surface area contributed by atoms with E-state index in [4.69, 9.17) is 35.4 Å². The molecule has 0 bridgehead atoms. The molecule has 27 heavy (non-hydrogen) atoms. The maximum atomic E-state index is 13.2. The molecule has 0 radical (unpaired) electrons. The van der Waals surface area contributed by atoms with Gasteiger partial charge >= 0.3 is 0 Å². The number of nitrogens with one attached hydrogen (secondary N) is 2. The lowest BCUT2D eigenvalue weighted by atomic mass is 10.2. The summed E-state index contributed by atoms with van der Waals surface area (Å²) in [7, 11) is 0. The highest BCUT2D eigenvalue weighted by Crippen LogP contribution is 2.21. The lowest BCUT2D eigenvalue weighted by Gasteiger charge is -2.09. The number of hydrogen-bond donors (Lipinski definition) is 2. The SMILES string of the molecule is Cc1cc(NC(=S)Nc2ccc(F)c(Cl)c2)nn1Cc1ccc(F)cc1Cl. The number of nitrogens with zero attached hydrogens (tertiary/aromatic N) is 2. The summed E-state index contributed by atoms with van der Waals surface area (Å²) in [5.74, 6) is -0.369. The van der Waals surface area contributed by atoms with Gasteiger partial charge in [-0.2, -0.15) is 5.10 Å². The molecule has 140 valence electrons. The number of rotatable bonds is 4. The van der Waals surface area contributed by atoms with Crippen molar-refractivity contribution in [1.82, 2.24) is 9.78 Å². The molecule has 1 aromatic heterocycles. The Hall–Kier alpha value is -2.22. The van der Waals surface area contributed by atoms with Crippen LogP contribution in [-0.2, 0) is 6.54 Å². The summed E-state index contributed by atoms with van der Waals surface area (Å²) >= 11 is 17.1. The van der Waals surface area contributed by atoms with Gasteiger partial charge in [-0.05, 0) is 55.0 Å². The number of benzene rings is 2. The zero-order valence-corrected chi connectivity index (χ0v) is 16.4. The van der Waals surface area contributed by atoms with Gasteiger partial charge in [-0.15, -0.1) is 0 Å². The van der Waals surface area contributed by atoms with Crippen LogP contribution in [0.25, 0.3) is 0 Å². The molecule has 0 aliphatic carbocycles. The van der Waals surface area contributed by atoms with Crippen LogP contribution in [0.5, 0.6) is 0 Å². The summed E-state index contributed by atoms with van der Waals surface area (Å²) in [4.78, 5) is 0. The van der Waals surface area contributed by atoms with Gasteiger partial charge in [-0.25, -0.2) is 8.78 Å². The molecule has 0 amide bonds. The van der Waals surface area contributed by atoms with Gasteiger partial charge in [0, 0.05) is 22.5 Å². The first-order chi connectivity index (χ1) is 12.8. The average Bonchev–Trinajstić information content (AvgIpc) is 2.92. The molecular formula is C18H14Cl2F2N4S. The van der Waals surface area contributed by atoms with Gasteiger partial charge in [0.05, 0.1) is 11.6 Å². The van der Waals surface area contributed by atoms with E-state index in [9.17, 15) is 8.78 Å². The van der Waals surface area contributed by atoms with Crippen LogP contribution in [0.2, 0.25) is 10.0 Å². The molecule has 3 aromatic rings. The second kappa shape index (κ2) is 8.21. The predicted molar refractivity (Wildman–Crippen MR) is 109 cm³/mol. The van der Waals surface area contributed by atoms with Gasteiger partial charge in [0.15, 0.2) is 10.9 Å². The lowest BCUT2D eigenvalue weighted by molar-refractivity contribution is 0.623. The first-order valence-electron chi connectivity index (χ1n) is 7.83. The van der Waals surface area contributed by atoms with E-state index in [0.29, 0.717) is 23.1 Å². The van der Waals surface area contributed by atoms with Crippen LogP contribution in [0.3, 0.4) is 0 Å². The second-order valence-corrected chi connectivity index (χ2v) is 7.00. The maximum absolute atomic E-state index is 13.2. The first-order valence-corrected chi connectivity index (χ1v) is 8.99. The third kappa shape index (κ3) is 4.94. The van der Waals surface area contributed by atoms with E-state index in [1.165, 1.54) is 30.3 Å². The Bertz CT molecular complexity index is 1010. The van der Waals surface area contributed by atoms with E-state index in [0.717, 1.165) is 11.3 Å². The fourth-order valence-electron chi connectivity index (χ4n) is 2.40. The van der Waals surface area contributed by atoms with Crippen molar-refractivity contribution in [1.29, 1.82) is 0 Å². The van der Waals surface area contributed by atoms with Crippen molar-refractivity contribution in [2.75, 3.05) is 10.6 Å². The Kier molecular flexibility index (Phi) is 5.94. The topological polar surface area (TPSA) is 41.9 Å². The number of aromatic nitrogens is 2. The van der Waals surface area contributed by atoms with Gasteiger partial charge in [0.1, 0.15) is 11.6 Å². The molecule has 0 unspecified atom stereocenters. The summed E-state index contributed by atoms with van der Waals surface area (Å²) < 4.78 is 28.1. The zero-order chi connectivity index (χ0) is 19.6. The molecule has 0 aliphatic heterocycles. The van der Waals surface area contributed by atoms with Crippen LogP contribution in [0.15, 0.2) is 42.5 Å². The Morgan fingerprint density at radius 1 is 1.07 bits per heavy atom. The molecule has 3 rings (SSSR count). The van der Waals surface area contributed by atoms with E-state index in [1.54, 1.807) is 10.7 Å². The molecule has 2 aromatic carbocycles. The third-order valence-corrected chi connectivity index (χ3v) is 4.58. The molecule has 0 spiro atoms. The van der Waals surface area contributed by atoms with Crippen LogP contribution < -0.4 is 10.6 Å². The fourth-order valence-corrected chi connectivity index (χ4v) is 3.03. The van der Waals surface area contributed by atoms with Crippen LogP contribution >= 0.6 is 35.4 Å². The molecule has 0 saturated carbocycles. The van der Waals surface area contributed by atoms with Crippen molar-refractivity contribution < 1.29 is 8.78 Å². The highest BCUT2D eigenvalue weighted by Gasteiger charge is 2.10. The number of aryl methyl sites for hydroxylation is 1. The summed E-state index contributed by atoms with van der Waals surface area (Å²) in [5, 5.41) is 10.9. The normalized spacial score (nSPS) is 10.7. The number of halogens is 4. The number of thiocarbonyl (C=S) groups is 1. The van der Waals surface area contributed by atoms with Crippen molar-refractivity contribution in [3.05, 3.63) is 75.4 Å². The molecule has 0 aliphatic rings. The van der Waals surface area contributed by atoms with Crippen molar-refractivity contribution in [2.24, 2.45) is 0 Å². The molecular weight excluding hydrogens is 413 g/mol. The fraction of sp³-hybridized carbons (Fsp3) is 0.111. The Morgan fingerprint density at radius 3 is 2.56 bits per heavy atom. The standard InChI is InChI=1S/C18H14Cl2F2N4S/c1-10-6-17(24-18(27)23-13-4-5-16(22)15(20)8-13)25-26(10)9-11-2-3-12(21)7-14(11)19/h2-8H,9H2,1H3,(H2,23,24,25,27). The maximum Gasteiger partial charge on any atom is 0.176 e. The molecule has 0 saturated heterocycles. The van der Waals surface area contributed by atoms with E-state index in [1.807, 2.05) is 13.0 Å². The van der Waals surface area contributed by atoms with E-state index < -0.39 is 5.82 Å². The lowest BCUT2D eigenvalue weighted by Crippen LogP contribution is -2.19. The minimum atomic E-state index is -0.505. The Balaban J connectivity index is 1.68. The van der Waals surface area contributed by atoms with Gasteiger partial charge in [0.2, 0.25) is 0 Å². The zero-order valence-electron chi connectivity index (χ0n) is 14.1. The summed E-state index contributed by atoms with van der Waals surface area (Å²) in [6, 6.07) is 10.3. The van der Waals surface area contributed by atoms with Crippen molar-refractivity contribution >= 4 is 52.0 Å². The van der Waals surface area contributed by atoms with Crippen molar-refractivity contribution in [3.8, 4) is 0 Å². The monoisotopic (exact) mass is 426 g/mol. The second-order valence-electron chi connectivity index (χ2n) is 5.77. The largest absolute Gasteiger partial charge is 0.332 e. The van der Waals surface area contributed by atoms with Crippen LogP contribution in [-0.4, -0.2) is 14.9 Å². The predicted octanol–water partition coefficient (Wildman–Crippen LogP) is 5.63. The van der Waals surface area contributed by atoms with Gasteiger partial charge in [-0.1, -0.05) is 29.3 Å². The average molecular weight is 427 g/mol. The summed E-state index contributed by atoms with van der Waals surface area (Å²) in [6.07, 6.45) is 0. The van der Waals surface area contributed by atoms with E-state index in [2.05, 4.69) is 15.7 Å². The molecule has 0 atom stereocenters. The number of hydrogen-bond acceptors (Lipinski definition) is 2. The molecule has 0 fully saturated rings. The molecule has 2 N–H and O–H groups in total. The van der Waals surface area contributed by atoms with E-state index in [-0.39, 0.29) is 16.0 Å². The molecule has 1 heterocycles. The summed E-state index contributed by atoms with van der Waals surface area (Å²) in [5.41, 5.74) is 2.16. The van der Waals surface area contributed by atoms with Crippen LogP contribution in [0, 0.1) is 18.6 Å². The quantitative estimate of drug-likeness (QED) is 0.530. The summed E-state index contributed by atoms with van der Waals surface area (Å²) in [6.45, 7) is 2.27. The van der Waals surface area contributed by atoms with E-state index >= 15 is 0 Å². The highest BCUT2D eigenvalue weighted by atomic mass is 35.5. The Morgan fingerprint density at radius 2 is 1.85 bits per heavy atom. The molecule has 9 heteroatoms. The Labute approximate surface area is 170 Å². The first kappa shape index (κ1) is 19.5. The van der Waals surface area contributed by atoms with Crippen molar-refractivity contribution in [2.45, 2.75) is 13.5 Å². The van der Waals surface area contributed by atoms with Crippen molar-refractivity contribution in [3.63, 3.8) is 0 Å². The third-order valence-electron chi connectivity index (χ3n) is 3.74. The van der Waals surface area contributed by atoms with Gasteiger partial charge < -0.3 is 10.6 Å². The van der Waals surface area contributed by atoms with Crippen LogP contribution in [0.4, 0.5) is 20.3 Å². The minimum absolute atomic E-state index is 0.000834. The number of anilines is 2. The van der Waals surface area contributed by atoms with Gasteiger partial charge in [-0.3, -0.25) is 4.68 Å². The van der Waals surface area contributed by atoms with Gasteiger partial charge in [0.25, 0.3) is 0 Å². The minimum Gasteiger partial charge on any atom is -0.332 e. The molecule has 4 nitrogen and oxygen atoms in total. The smallest absolute Gasteiger partial charge is 0.176 e. The van der Waals surface area contributed by atoms with Crippen LogP contribution in [0.1, 0.15) is 11.3 Å². The highest BCUT2D eigenvalue weighted by molar-refractivity contribution is 7.80.